The molecule has 104 valence electrons. The van der Waals surface area contributed by atoms with E-state index in [1.165, 1.54) is 24.4 Å². The Morgan fingerprint density at radius 1 is 1.35 bits per heavy atom. The van der Waals surface area contributed by atoms with Crippen LogP contribution >= 0.6 is 34.8 Å². The quantitative estimate of drug-likeness (QED) is 0.394. The van der Waals surface area contributed by atoms with Crippen LogP contribution in [0, 0.1) is 10.1 Å². The second-order valence-corrected chi connectivity index (χ2v) is 4.57. The second kappa shape index (κ2) is 6.08. The number of aromatic nitrogens is 1. The fourth-order valence-electron chi connectivity index (χ4n) is 1.19. The van der Waals surface area contributed by atoms with Gasteiger partial charge in [0.05, 0.1) is 22.3 Å². The van der Waals surface area contributed by atoms with Crippen molar-refractivity contribution in [3.63, 3.8) is 0 Å². The Balaban J connectivity index is 2.09. The van der Waals surface area contributed by atoms with Crippen LogP contribution in [0.2, 0.25) is 15.2 Å². The number of nitrogens with one attached hydrogen (secondary N) is 1. The summed E-state index contributed by atoms with van der Waals surface area (Å²) < 4.78 is 4.87. The maximum Gasteiger partial charge on any atom is 0.433 e. The first-order valence-corrected chi connectivity index (χ1v) is 6.15. The average Bonchev–Trinajstić information content (AvgIpc) is 2.84. The molecule has 0 aliphatic heterocycles. The van der Waals surface area contributed by atoms with Gasteiger partial charge in [-0.05, 0) is 12.1 Å². The van der Waals surface area contributed by atoms with E-state index in [1.54, 1.807) is 0 Å². The van der Waals surface area contributed by atoms with Gasteiger partial charge in [-0.2, -0.15) is 5.10 Å². The summed E-state index contributed by atoms with van der Waals surface area (Å²) in [4.78, 5) is 13.6. The molecule has 0 amide bonds. The summed E-state index contributed by atoms with van der Waals surface area (Å²) >= 11 is 17.3. The van der Waals surface area contributed by atoms with E-state index < -0.39 is 4.92 Å². The second-order valence-electron chi connectivity index (χ2n) is 3.39. The minimum Gasteiger partial charge on any atom is -0.400 e. The lowest BCUT2D eigenvalue weighted by Crippen LogP contribution is -1.95. The van der Waals surface area contributed by atoms with Crippen molar-refractivity contribution in [3.8, 4) is 0 Å². The van der Waals surface area contributed by atoms with Gasteiger partial charge in [0, 0.05) is 0 Å². The first-order valence-electron chi connectivity index (χ1n) is 5.02. The molecule has 0 aliphatic rings. The molecule has 10 heteroatoms. The van der Waals surface area contributed by atoms with E-state index in [2.05, 4.69) is 15.5 Å². The topological polar surface area (TPSA) is 93.6 Å². The van der Waals surface area contributed by atoms with Crippen molar-refractivity contribution in [3.05, 3.63) is 49.3 Å². The molecule has 2 heterocycles. The molecule has 0 aliphatic carbocycles. The highest BCUT2D eigenvalue weighted by Crippen LogP contribution is 2.28. The lowest BCUT2D eigenvalue weighted by Gasteiger charge is -2.03. The third-order valence-corrected chi connectivity index (χ3v) is 3.00. The van der Waals surface area contributed by atoms with E-state index >= 15 is 0 Å². The van der Waals surface area contributed by atoms with Crippen molar-refractivity contribution in [2.24, 2.45) is 5.10 Å². The van der Waals surface area contributed by atoms with Crippen LogP contribution in [0.15, 0.2) is 27.7 Å². The fourth-order valence-corrected chi connectivity index (χ4v) is 1.73. The number of hydrazone groups is 1. The number of hydrogen-bond acceptors (Lipinski definition) is 6. The van der Waals surface area contributed by atoms with Crippen LogP contribution in [0.4, 0.5) is 11.7 Å². The number of pyridine rings is 1. The Morgan fingerprint density at radius 3 is 2.75 bits per heavy atom. The molecule has 2 rings (SSSR count). The summed E-state index contributed by atoms with van der Waals surface area (Å²) in [5, 5.41) is 14.7. The van der Waals surface area contributed by atoms with Gasteiger partial charge in [0.2, 0.25) is 0 Å². The number of rotatable bonds is 4. The monoisotopic (exact) mass is 334 g/mol. The first kappa shape index (κ1) is 14.6. The predicted octanol–water partition coefficient (Wildman–Crippen LogP) is 3.99. The van der Waals surface area contributed by atoms with E-state index in [1.807, 2.05) is 0 Å². The summed E-state index contributed by atoms with van der Waals surface area (Å²) in [6.07, 6.45) is 1.23. The van der Waals surface area contributed by atoms with Crippen molar-refractivity contribution < 1.29 is 9.34 Å². The van der Waals surface area contributed by atoms with E-state index in [0.717, 1.165) is 0 Å². The SMILES string of the molecule is O=[N+]([O-])c1ccc(/C=N\Nc2nc(Cl)c(Cl)cc2Cl)o1. The van der Waals surface area contributed by atoms with Gasteiger partial charge in [0.15, 0.2) is 11.6 Å². The molecular formula is C10H5Cl3N4O3. The Hall–Kier alpha value is -1.83. The van der Waals surface area contributed by atoms with Crippen LogP contribution in [0.5, 0.6) is 0 Å². The minimum atomic E-state index is -0.651. The van der Waals surface area contributed by atoms with Crippen molar-refractivity contribution in [1.82, 2.24) is 4.98 Å². The Labute approximate surface area is 127 Å². The third kappa shape index (κ3) is 3.38. The van der Waals surface area contributed by atoms with Crippen LogP contribution in [-0.4, -0.2) is 16.1 Å². The van der Waals surface area contributed by atoms with Gasteiger partial charge in [0.1, 0.15) is 10.1 Å². The highest BCUT2D eigenvalue weighted by Gasteiger charge is 2.10. The van der Waals surface area contributed by atoms with Crippen LogP contribution in [0.25, 0.3) is 0 Å². The molecule has 0 fully saturated rings. The zero-order valence-electron chi connectivity index (χ0n) is 9.51. The van der Waals surface area contributed by atoms with Crippen molar-refractivity contribution in [1.29, 1.82) is 0 Å². The molecule has 0 saturated carbocycles. The number of nitro groups is 1. The number of halogens is 3. The zero-order chi connectivity index (χ0) is 14.7. The van der Waals surface area contributed by atoms with Crippen LogP contribution in [0.3, 0.4) is 0 Å². The predicted molar refractivity (Wildman–Crippen MR) is 75.8 cm³/mol. The highest BCUT2D eigenvalue weighted by atomic mass is 35.5. The Morgan fingerprint density at radius 2 is 2.10 bits per heavy atom. The molecule has 2 aromatic rings. The van der Waals surface area contributed by atoms with Crippen LogP contribution < -0.4 is 5.43 Å². The summed E-state index contributed by atoms with van der Waals surface area (Å²) in [7, 11) is 0. The molecule has 0 atom stereocenters. The fraction of sp³-hybridized carbons (Fsp3) is 0. The minimum absolute atomic E-state index is 0.0717. The van der Waals surface area contributed by atoms with E-state index in [4.69, 9.17) is 39.2 Å². The van der Waals surface area contributed by atoms with Crippen LogP contribution in [0.1, 0.15) is 5.76 Å². The molecule has 0 spiro atoms. The number of anilines is 1. The largest absolute Gasteiger partial charge is 0.433 e. The summed E-state index contributed by atoms with van der Waals surface area (Å²) in [5.41, 5.74) is 2.52. The van der Waals surface area contributed by atoms with Gasteiger partial charge >= 0.3 is 5.88 Å². The summed E-state index contributed by atoms with van der Waals surface area (Å²) in [5.74, 6) is 0.0101. The first-order chi connectivity index (χ1) is 9.47. The van der Waals surface area contributed by atoms with Crippen molar-refractivity contribution in [2.75, 3.05) is 5.43 Å². The highest BCUT2D eigenvalue weighted by molar-refractivity contribution is 6.42. The maximum atomic E-state index is 10.4. The van der Waals surface area contributed by atoms with Gasteiger partial charge in [-0.15, -0.1) is 0 Å². The Bertz CT molecular complexity index is 686. The van der Waals surface area contributed by atoms with Crippen molar-refractivity contribution >= 4 is 52.7 Å². The van der Waals surface area contributed by atoms with Gasteiger partial charge in [-0.25, -0.2) is 4.98 Å². The lowest BCUT2D eigenvalue weighted by molar-refractivity contribution is -0.402. The lowest BCUT2D eigenvalue weighted by atomic mass is 10.4. The smallest absolute Gasteiger partial charge is 0.400 e. The summed E-state index contributed by atoms with van der Waals surface area (Å²) in [6, 6.07) is 4.02. The van der Waals surface area contributed by atoms with Gasteiger partial charge in [0.25, 0.3) is 0 Å². The normalized spacial score (nSPS) is 10.9. The molecule has 0 radical (unpaired) electrons. The molecule has 1 N–H and O–H groups in total. The maximum absolute atomic E-state index is 10.4. The standard InChI is InChI=1S/C10H5Cl3N4O3/c11-6-3-7(12)10(15-9(6)13)16-14-4-5-1-2-8(20-5)17(18)19/h1-4H,(H,15,16)/b14-4-. The van der Waals surface area contributed by atoms with Crippen LogP contribution in [-0.2, 0) is 0 Å². The molecule has 0 unspecified atom stereocenters. The van der Waals surface area contributed by atoms with E-state index in [-0.39, 0.29) is 32.7 Å². The zero-order valence-corrected chi connectivity index (χ0v) is 11.8. The number of nitrogens with zero attached hydrogens (tertiary/aromatic N) is 3. The van der Waals surface area contributed by atoms with Gasteiger partial charge < -0.3 is 4.42 Å². The van der Waals surface area contributed by atoms with E-state index in [9.17, 15) is 10.1 Å². The van der Waals surface area contributed by atoms with E-state index in [0.29, 0.717) is 0 Å². The molecule has 20 heavy (non-hydrogen) atoms. The number of hydrogen-bond donors (Lipinski definition) is 1. The molecule has 0 bridgehead atoms. The molecular weight excluding hydrogens is 330 g/mol. The van der Waals surface area contributed by atoms with Crippen molar-refractivity contribution in [2.45, 2.75) is 0 Å². The molecule has 7 nitrogen and oxygen atoms in total. The summed E-state index contributed by atoms with van der Waals surface area (Å²) in [6.45, 7) is 0. The number of furan rings is 1. The Kier molecular flexibility index (Phi) is 4.43. The van der Waals surface area contributed by atoms with Gasteiger partial charge in [-0.3, -0.25) is 15.5 Å². The third-order valence-electron chi connectivity index (χ3n) is 2.04. The molecule has 0 aromatic carbocycles. The average molecular weight is 336 g/mol. The molecule has 2 aromatic heterocycles. The molecule has 0 saturated heterocycles. The van der Waals surface area contributed by atoms with Gasteiger partial charge in [-0.1, -0.05) is 34.8 Å².